The smallest absolute Gasteiger partial charge is 0.134 e. The second kappa shape index (κ2) is 5.23. The van der Waals surface area contributed by atoms with E-state index in [9.17, 15) is 10.2 Å². The van der Waals surface area contributed by atoms with Crippen LogP contribution in [0.1, 0.15) is 5.56 Å². The van der Waals surface area contributed by atoms with E-state index in [4.69, 9.17) is 16.3 Å². The van der Waals surface area contributed by atoms with Crippen molar-refractivity contribution in [1.82, 2.24) is 4.90 Å². The molecule has 5 heteroatoms. The lowest BCUT2D eigenvalue weighted by atomic mass is 10.2. The fourth-order valence-electron chi connectivity index (χ4n) is 2.12. The van der Waals surface area contributed by atoms with Gasteiger partial charge in [-0.2, -0.15) is 0 Å². The molecule has 1 fully saturated rings. The monoisotopic (exact) mass is 257 g/mol. The first-order chi connectivity index (χ1) is 8.11. The first kappa shape index (κ1) is 12.6. The first-order valence-corrected chi connectivity index (χ1v) is 5.89. The fourth-order valence-corrected chi connectivity index (χ4v) is 2.31. The molecule has 0 saturated carbocycles. The van der Waals surface area contributed by atoms with E-state index in [1.807, 2.05) is 6.07 Å². The summed E-state index contributed by atoms with van der Waals surface area (Å²) in [5.74, 6) is 0.0900. The number of aliphatic hydroxyl groups is 1. The molecule has 4 nitrogen and oxygen atoms in total. The number of benzene rings is 1. The lowest BCUT2D eigenvalue weighted by Crippen LogP contribution is -2.25. The molecule has 2 rings (SSSR count). The van der Waals surface area contributed by atoms with Crippen LogP contribution in [0.25, 0.3) is 0 Å². The molecule has 0 bridgehead atoms. The molecule has 0 unspecified atom stereocenters. The number of β-amino-alcohol motifs (C(OH)–C–C–N with tert-alkyl or cyclic N) is 1. The third-order valence-corrected chi connectivity index (χ3v) is 3.50. The first-order valence-electron chi connectivity index (χ1n) is 5.51. The molecule has 17 heavy (non-hydrogen) atoms. The summed E-state index contributed by atoms with van der Waals surface area (Å²) in [6, 6.07) is 5.19. The van der Waals surface area contributed by atoms with Crippen molar-refractivity contribution in [3.05, 3.63) is 28.8 Å². The van der Waals surface area contributed by atoms with Crippen LogP contribution in [-0.2, 0) is 11.3 Å². The molecule has 1 aliphatic heterocycles. The number of methoxy groups -OCH3 is 1. The second-order valence-electron chi connectivity index (χ2n) is 4.29. The number of phenols is 1. The standard InChI is InChI=1S/C12H16ClNO3/c1-17-11-7-14(6-10(11)16)5-8-3-2-4-9(15)12(8)13/h2-4,10-11,15-16H,5-7H2,1H3/t10-,11-/m0/s1. The van der Waals surface area contributed by atoms with Crippen LogP contribution in [-0.4, -0.2) is 47.5 Å². The Morgan fingerprint density at radius 2 is 2.24 bits per heavy atom. The van der Waals surface area contributed by atoms with Crippen LogP contribution in [0.15, 0.2) is 18.2 Å². The molecular formula is C12H16ClNO3. The largest absolute Gasteiger partial charge is 0.506 e. The molecule has 0 aromatic heterocycles. The van der Waals surface area contributed by atoms with Crippen LogP contribution >= 0.6 is 11.6 Å². The van der Waals surface area contributed by atoms with E-state index >= 15 is 0 Å². The third-order valence-electron chi connectivity index (χ3n) is 3.07. The van der Waals surface area contributed by atoms with E-state index in [1.165, 1.54) is 0 Å². The highest BCUT2D eigenvalue weighted by molar-refractivity contribution is 6.32. The van der Waals surface area contributed by atoms with Crippen molar-refractivity contribution in [3.63, 3.8) is 0 Å². The number of ether oxygens (including phenoxy) is 1. The highest BCUT2D eigenvalue weighted by Gasteiger charge is 2.31. The van der Waals surface area contributed by atoms with Crippen molar-refractivity contribution < 1.29 is 14.9 Å². The lowest BCUT2D eigenvalue weighted by Gasteiger charge is -2.16. The molecule has 0 amide bonds. The van der Waals surface area contributed by atoms with Gasteiger partial charge < -0.3 is 14.9 Å². The average Bonchev–Trinajstić information content (AvgIpc) is 2.65. The Morgan fingerprint density at radius 3 is 2.88 bits per heavy atom. The summed E-state index contributed by atoms with van der Waals surface area (Å²) in [5, 5.41) is 19.6. The molecule has 1 aromatic rings. The number of likely N-dealkylation sites (tertiary alicyclic amines) is 1. The molecule has 0 radical (unpaired) electrons. The molecule has 1 saturated heterocycles. The van der Waals surface area contributed by atoms with Crippen molar-refractivity contribution in [2.75, 3.05) is 20.2 Å². The van der Waals surface area contributed by atoms with Gasteiger partial charge in [-0.15, -0.1) is 0 Å². The quantitative estimate of drug-likeness (QED) is 0.856. The fraction of sp³-hybridized carbons (Fsp3) is 0.500. The summed E-state index contributed by atoms with van der Waals surface area (Å²) in [5.41, 5.74) is 0.857. The molecule has 1 heterocycles. The Labute approximate surface area is 105 Å². The van der Waals surface area contributed by atoms with Crippen LogP contribution in [0.4, 0.5) is 0 Å². The number of aliphatic hydroxyl groups excluding tert-OH is 1. The van der Waals surface area contributed by atoms with Crippen LogP contribution in [0.3, 0.4) is 0 Å². The van der Waals surface area contributed by atoms with Crippen molar-refractivity contribution in [3.8, 4) is 5.75 Å². The number of hydrogen-bond donors (Lipinski definition) is 2. The molecular weight excluding hydrogens is 242 g/mol. The molecule has 2 N–H and O–H groups in total. The number of phenolic OH excluding ortho intramolecular Hbond substituents is 1. The number of halogens is 1. The van der Waals surface area contributed by atoms with Gasteiger partial charge in [-0.25, -0.2) is 0 Å². The van der Waals surface area contributed by atoms with Crippen molar-refractivity contribution in [2.45, 2.75) is 18.8 Å². The molecule has 1 aliphatic rings. The highest BCUT2D eigenvalue weighted by atomic mass is 35.5. The number of aromatic hydroxyl groups is 1. The summed E-state index contributed by atoms with van der Waals surface area (Å²) in [6.45, 7) is 1.83. The summed E-state index contributed by atoms with van der Waals surface area (Å²) in [6.07, 6.45) is -0.609. The highest BCUT2D eigenvalue weighted by Crippen LogP contribution is 2.28. The predicted octanol–water partition coefficient (Wildman–Crippen LogP) is 1.24. The Kier molecular flexibility index (Phi) is 3.89. The minimum atomic E-state index is -0.462. The molecule has 1 aromatic carbocycles. The van der Waals surface area contributed by atoms with Gasteiger partial charge in [-0.05, 0) is 11.6 Å². The van der Waals surface area contributed by atoms with Crippen molar-refractivity contribution in [1.29, 1.82) is 0 Å². The summed E-state index contributed by atoms with van der Waals surface area (Å²) in [4.78, 5) is 2.06. The van der Waals surface area contributed by atoms with E-state index in [0.29, 0.717) is 24.7 Å². The number of nitrogens with zero attached hydrogens (tertiary/aromatic N) is 1. The summed E-state index contributed by atoms with van der Waals surface area (Å²) >= 11 is 6.01. The third kappa shape index (κ3) is 2.72. The molecule has 2 atom stereocenters. The zero-order valence-corrected chi connectivity index (χ0v) is 10.4. The maximum absolute atomic E-state index is 9.71. The number of hydrogen-bond acceptors (Lipinski definition) is 4. The van der Waals surface area contributed by atoms with E-state index < -0.39 is 6.10 Å². The number of rotatable bonds is 3. The zero-order chi connectivity index (χ0) is 12.4. The second-order valence-corrected chi connectivity index (χ2v) is 4.66. The summed E-state index contributed by atoms with van der Waals surface area (Å²) in [7, 11) is 1.60. The van der Waals surface area contributed by atoms with Gasteiger partial charge in [0.15, 0.2) is 0 Å². The maximum Gasteiger partial charge on any atom is 0.134 e. The Balaban J connectivity index is 2.05. The topological polar surface area (TPSA) is 52.9 Å². The van der Waals surface area contributed by atoms with Gasteiger partial charge in [0.25, 0.3) is 0 Å². The molecule has 0 spiro atoms. The van der Waals surface area contributed by atoms with Crippen molar-refractivity contribution in [2.24, 2.45) is 0 Å². The van der Waals surface area contributed by atoms with Crippen LogP contribution in [0.2, 0.25) is 5.02 Å². The van der Waals surface area contributed by atoms with Gasteiger partial charge in [-0.3, -0.25) is 4.90 Å². The predicted molar refractivity (Wildman–Crippen MR) is 65.2 cm³/mol. The average molecular weight is 258 g/mol. The van der Waals surface area contributed by atoms with E-state index in [-0.39, 0.29) is 11.9 Å². The van der Waals surface area contributed by atoms with Crippen LogP contribution in [0.5, 0.6) is 5.75 Å². The van der Waals surface area contributed by atoms with Gasteiger partial charge in [0.1, 0.15) is 5.75 Å². The van der Waals surface area contributed by atoms with Gasteiger partial charge in [-0.1, -0.05) is 23.7 Å². The Morgan fingerprint density at radius 1 is 1.47 bits per heavy atom. The molecule has 94 valence electrons. The van der Waals surface area contributed by atoms with Crippen LogP contribution in [0, 0.1) is 0 Å². The Hall–Kier alpha value is -0.810. The lowest BCUT2D eigenvalue weighted by molar-refractivity contribution is 0.0215. The van der Waals surface area contributed by atoms with Gasteiger partial charge >= 0.3 is 0 Å². The van der Waals surface area contributed by atoms with Crippen LogP contribution < -0.4 is 0 Å². The van der Waals surface area contributed by atoms with E-state index in [1.54, 1.807) is 19.2 Å². The van der Waals surface area contributed by atoms with Crippen molar-refractivity contribution >= 4 is 11.6 Å². The van der Waals surface area contributed by atoms with Gasteiger partial charge in [0, 0.05) is 26.7 Å². The van der Waals surface area contributed by atoms with E-state index in [0.717, 1.165) is 5.56 Å². The Bertz CT molecular complexity index is 399. The summed E-state index contributed by atoms with van der Waals surface area (Å²) < 4.78 is 5.17. The SMILES string of the molecule is CO[C@H]1CN(Cc2cccc(O)c2Cl)C[C@@H]1O. The maximum atomic E-state index is 9.71. The molecule has 0 aliphatic carbocycles. The zero-order valence-electron chi connectivity index (χ0n) is 9.64. The minimum absolute atomic E-state index is 0.0900. The normalized spacial score (nSPS) is 25.4. The van der Waals surface area contributed by atoms with Gasteiger partial charge in [0.05, 0.1) is 17.2 Å². The minimum Gasteiger partial charge on any atom is -0.506 e. The van der Waals surface area contributed by atoms with Gasteiger partial charge in [0.2, 0.25) is 0 Å². The van der Waals surface area contributed by atoms with E-state index in [2.05, 4.69) is 4.90 Å².